The Bertz CT molecular complexity index is 789. The van der Waals surface area contributed by atoms with Gasteiger partial charge in [0, 0.05) is 10.6 Å². The summed E-state index contributed by atoms with van der Waals surface area (Å²) in [4.78, 5) is 25.0. The maximum Gasteiger partial charge on any atom is 0.341 e. The molecule has 7 heteroatoms. The maximum absolute atomic E-state index is 12.5. The summed E-state index contributed by atoms with van der Waals surface area (Å²) in [5.41, 5.74) is 1.71. The fourth-order valence-corrected chi connectivity index (χ4v) is 4.32. The summed E-state index contributed by atoms with van der Waals surface area (Å²) in [6.45, 7) is 6.17. The third kappa shape index (κ3) is 5.06. The lowest BCUT2D eigenvalue weighted by Crippen LogP contribution is -2.15. The molecular weight excluding hydrogens is 426 g/mol. The first-order chi connectivity index (χ1) is 11.8. The smallest absolute Gasteiger partial charge is 0.341 e. The molecule has 0 aliphatic carbocycles. The summed E-state index contributed by atoms with van der Waals surface area (Å²) in [5.74, 6) is -0.394. The molecule has 1 heterocycles. The van der Waals surface area contributed by atoms with Crippen molar-refractivity contribution in [3.63, 3.8) is 0 Å². The van der Waals surface area contributed by atoms with Gasteiger partial charge in [0.25, 0.3) is 5.91 Å². The number of benzene rings is 1. The molecule has 0 fully saturated rings. The molecule has 0 atom stereocenters. The minimum atomic E-state index is -0.429. The van der Waals surface area contributed by atoms with Crippen LogP contribution in [0, 0.1) is 5.92 Å². The molecule has 2 rings (SSSR count). The van der Waals surface area contributed by atoms with Gasteiger partial charge in [0.15, 0.2) is 0 Å². The predicted octanol–water partition coefficient (Wildman–Crippen LogP) is 5.79. The number of hydrogen-bond donors (Lipinski definition) is 1. The van der Waals surface area contributed by atoms with Crippen LogP contribution >= 0.6 is 38.9 Å². The molecule has 0 saturated heterocycles. The van der Waals surface area contributed by atoms with Gasteiger partial charge in [0.05, 0.1) is 16.0 Å². The third-order valence-corrected chi connectivity index (χ3v) is 5.50. The lowest BCUT2D eigenvalue weighted by Gasteiger charge is -2.10. The van der Waals surface area contributed by atoms with Crippen molar-refractivity contribution in [2.75, 3.05) is 11.9 Å². The normalized spacial score (nSPS) is 10.8. The first kappa shape index (κ1) is 19.9. The molecule has 2 aromatic rings. The lowest BCUT2D eigenvalue weighted by molar-refractivity contribution is 0.0526. The number of nitrogens with one attached hydrogen (secondary N) is 1. The van der Waals surface area contributed by atoms with Crippen LogP contribution in [0.15, 0.2) is 28.1 Å². The number of ether oxygens (including phenoxy) is 1. The van der Waals surface area contributed by atoms with Gasteiger partial charge in [-0.1, -0.05) is 31.5 Å². The average Bonchev–Trinajstić information content (AvgIpc) is 2.82. The van der Waals surface area contributed by atoms with E-state index in [0.29, 0.717) is 33.5 Å². The molecule has 0 aliphatic rings. The molecule has 0 bridgehead atoms. The second-order valence-corrected chi connectivity index (χ2v) is 8.62. The fraction of sp³-hybridized carbons (Fsp3) is 0.333. The molecule has 0 aliphatic heterocycles. The van der Waals surface area contributed by atoms with Crippen LogP contribution in [0.5, 0.6) is 0 Å². The summed E-state index contributed by atoms with van der Waals surface area (Å²) in [6.07, 6.45) is 0.707. The van der Waals surface area contributed by atoms with Gasteiger partial charge in [-0.05, 0) is 59.0 Å². The van der Waals surface area contributed by atoms with Crippen LogP contribution in [0.25, 0.3) is 0 Å². The number of amides is 1. The Hall–Kier alpha value is -1.37. The molecule has 25 heavy (non-hydrogen) atoms. The van der Waals surface area contributed by atoms with E-state index < -0.39 is 5.97 Å². The average molecular weight is 445 g/mol. The van der Waals surface area contributed by atoms with Crippen molar-refractivity contribution in [1.29, 1.82) is 0 Å². The molecule has 0 unspecified atom stereocenters. The van der Waals surface area contributed by atoms with Gasteiger partial charge in [-0.3, -0.25) is 4.79 Å². The van der Waals surface area contributed by atoms with Crippen molar-refractivity contribution in [3.8, 4) is 0 Å². The number of carbonyl (C=O) groups excluding carboxylic acids is 2. The standard InChI is InChI=1S/C18H19BrClNO3S/c1-4-24-18(23)14-13(8-10(2)3)15(19)25-17(14)21-16(22)11-6-5-7-12(20)9-11/h5-7,9-10H,4,8H2,1-3H3,(H,21,22). The van der Waals surface area contributed by atoms with E-state index in [1.807, 2.05) is 0 Å². The summed E-state index contributed by atoms with van der Waals surface area (Å²) in [7, 11) is 0. The molecule has 1 amide bonds. The number of rotatable bonds is 6. The van der Waals surface area contributed by atoms with Crippen molar-refractivity contribution >= 4 is 55.7 Å². The second kappa shape index (κ2) is 8.83. The summed E-state index contributed by atoms with van der Waals surface area (Å²) >= 11 is 10.8. The zero-order valence-electron chi connectivity index (χ0n) is 14.2. The number of anilines is 1. The summed E-state index contributed by atoms with van der Waals surface area (Å²) < 4.78 is 6.01. The van der Waals surface area contributed by atoms with E-state index in [2.05, 4.69) is 35.1 Å². The topological polar surface area (TPSA) is 55.4 Å². The van der Waals surface area contributed by atoms with Crippen LogP contribution in [0.1, 0.15) is 47.1 Å². The minimum absolute atomic E-state index is 0.273. The SMILES string of the molecule is CCOC(=O)c1c(NC(=O)c2cccc(Cl)c2)sc(Br)c1CC(C)C. The summed E-state index contributed by atoms with van der Waals surface area (Å²) in [5, 5.41) is 3.77. The number of esters is 1. The summed E-state index contributed by atoms with van der Waals surface area (Å²) in [6, 6.07) is 6.66. The lowest BCUT2D eigenvalue weighted by atomic mass is 10.0. The first-order valence-electron chi connectivity index (χ1n) is 7.88. The van der Waals surface area contributed by atoms with E-state index in [4.69, 9.17) is 16.3 Å². The number of halogens is 2. The Kier molecular flexibility index (Phi) is 7.04. The van der Waals surface area contributed by atoms with E-state index in [-0.39, 0.29) is 12.5 Å². The van der Waals surface area contributed by atoms with Crippen molar-refractivity contribution in [2.45, 2.75) is 27.2 Å². The largest absolute Gasteiger partial charge is 0.462 e. The molecule has 1 aromatic heterocycles. The molecule has 0 spiro atoms. The zero-order valence-corrected chi connectivity index (χ0v) is 17.3. The second-order valence-electron chi connectivity index (χ2n) is 5.84. The Morgan fingerprint density at radius 3 is 2.68 bits per heavy atom. The number of thiophene rings is 1. The van der Waals surface area contributed by atoms with E-state index in [9.17, 15) is 9.59 Å². The monoisotopic (exact) mass is 443 g/mol. The molecule has 1 aromatic carbocycles. The Morgan fingerprint density at radius 2 is 2.08 bits per heavy atom. The Morgan fingerprint density at radius 1 is 1.36 bits per heavy atom. The van der Waals surface area contributed by atoms with Crippen LogP contribution in [-0.4, -0.2) is 18.5 Å². The van der Waals surface area contributed by atoms with Crippen molar-refractivity contribution in [1.82, 2.24) is 0 Å². The predicted molar refractivity (Wildman–Crippen MR) is 106 cm³/mol. The highest BCUT2D eigenvalue weighted by molar-refractivity contribution is 9.11. The molecule has 1 N–H and O–H groups in total. The van der Waals surface area contributed by atoms with Gasteiger partial charge < -0.3 is 10.1 Å². The highest BCUT2D eigenvalue weighted by Crippen LogP contribution is 2.39. The van der Waals surface area contributed by atoms with Gasteiger partial charge in [-0.2, -0.15) is 0 Å². The van der Waals surface area contributed by atoms with Crippen molar-refractivity contribution in [3.05, 3.63) is 49.8 Å². The maximum atomic E-state index is 12.5. The zero-order chi connectivity index (χ0) is 18.6. The number of hydrogen-bond acceptors (Lipinski definition) is 4. The van der Waals surface area contributed by atoms with E-state index in [1.165, 1.54) is 11.3 Å². The van der Waals surface area contributed by atoms with Gasteiger partial charge >= 0.3 is 5.97 Å². The van der Waals surface area contributed by atoms with E-state index in [1.54, 1.807) is 31.2 Å². The van der Waals surface area contributed by atoms with E-state index >= 15 is 0 Å². The molecule has 0 saturated carbocycles. The van der Waals surface area contributed by atoms with Crippen LogP contribution in [-0.2, 0) is 11.2 Å². The Balaban J connectivity index is 2.39. The minimum Gasteiger partial charge on any atom is -0.462 e. The van der Waals surface area contributed by atoms with Gasteiger partial charge in [-0.15, -0.1) is 11.3 Å². The van der Waals surface area contributed by atoms with Gasteiger partial charge in [0.1, 0.15) is 5.00 Å². The highest BCUT2D eigenvalue weighted by Gasteiger charge is 2.25. The van der Waals surface area contributed by atoms with Crippen LogP contribution in [0.4, 0.5) is 5.00 Å². The number of carbonyl (C=O) groups is 2. The molecular formula is C18H19BrClNO3S. The van der Waals surface area contributed by atoms with Crippen LogP contribution in [0.3, 0.4) is 0 Å². The van der Waals surface area contributed by atoms with Crippen LogP contribution in [0.2, 0.25) is 5.02 Å². The molecule has 134 valence electrons. The fourth-order valence-electron chi connectivity index (χ4n) is 2.34. The van der Waals surface area contributed by atoms with Crippen molar-refractivity contribution in [2.24, 2.45) is 5.92 Å². The van der Waals surface area contributed by atoms with Crippen molar-refractivity contribution < 1.29 is 14.3 Å². The molecule has 4 nitrogen and oxygen atoms in total. The van der Waals surface area contributed by atoms with Gasteiger partial charge in [0.2, 0.25) is 0 Å². The quantitative estimate of drug-likeness (QED) is 0.574. The van der Waals surface area contributed by atoms with E-state index in [0.717, 1.165) is 9.35 Å². The third-order valence-electron chi connectivity index (χ3n) is 3.36. The Labute approximate surface area is 164 Å². The highest BCUT2D eigenvalue weighted by atomic mass is 79.9. The van der Waals surface area contributed by atoms with Crippen LogP contribution < -0.4 is 5.32 Å². The molecule has 0 radical (unpaired) electrons. The first-order valence-corrected chi connectivity index (χ1v) is 9.87. The van der Waals surface area contributed by atoms with Gasteiger partial charge in [-0.25, -0.2) is 4.79 Å².